The summed E-state index contributed by atoms with van der Waals surface area (Å²) in [5, 5.41) is 8.46. The molecule has 0 radical (unpaired) electrons. The van der Waals surface area contributed by atoms with E-state index in [1.54, 1.807) is 12.1 Å². The van der Waals surface area contributed by atoms with Gasteiger partial charge in [0.25, 0.3) is 0 Å². The Kier molecular flexibility index (Phi) is 3.40. The first kappa shape index (κ1) is 12.4. The summed E-state index contributed by atoms with van der Waals surface area (Å²) in [5.41, 5.74) is 0.829. The van der Waals surface area contributed by atoms with Crippen molar-refractivity contribution in [1.29, 1.82) is 0 Å². The maximum absolute atomic E-state index is 11.2. The number of rotatable bonds is 3. The topological polar surface area (TPSA) is 72.2 Å². The van der Waals surface area contributed by atoms with E-state index in [1.165, 1.54) is 12.5 Å². The zero-order chi connectivity index (χ0) is 12.5. The van der Waals surface area contributed by atoms with Crippen LogP contribution >= 0.6 is 0 Å². The molecule has 17 heavy (non-hydrogen) atoms. The molecule has 0 amide bonds. The number of sulfonamides is 1. The Balaban J connectivity index is 2.12. The maximum Gasteiger partial charge on any atom is 0.238 e. The van der Waals surface area contributed by atoms with Crippen LogP contribution in [0.3, 0.4) is 0 Å². The first-order valence-electron chi connectivity index (χ1n) is 5.84. The van der Waals surface area contributed by atoms with Crippen LogP contribution in [0.2, 0.25) is 0 Å². The van der Waals surface area contributed by atoms with Crippen LogP contribution in [0.1, 0.15) is 26.2 Å². The molecule has 94 valence electrons. The molecule has 0 saturated heterocycles. The van der Waals surface area contributed by atoms with Gasteiger partial charge in [-0.2, -0.15) is 0 Å². The first-order chi connectivity index (χ1) is 7.95. The minimum Gasteiger partial charge on any atom is -0.382 e. The van der Waals surface area contributed by atoms with Crippen LogP contribution in [0.15, 0.2) is 29.2 Å². The predicted octanol–water partition coefficient (Wildman–Crippen LogP) is 1.93. The molecular weight excluding hydrogens is 236 g/mol. The van der Waals surface area contributed by atoms with Crippen LogP contribution < -0.4 is 10.5 Å². The van der Waals surface area contributed by atoms with Gasteiger partial charge in [-0.1, -0.05) is 13.0 Å². The molecule has 1 aliphatic rings. The molecule has 4 nitrogen and oxygen atoms in total. The van der Waals surface area contributed by atoms with Gasteiger partial charge in [0, 0.05) is 11.7 Å². The van der Waals surface area contributed by atoms with Crippen LogP contribution in [-0.4, -0.2) is 14.5 Å². The predicted molar refractivity (Wildman–Crippen MR) is 68.2 cm³/mol. The average molecular weight is 254 g/mol. The lowest BCUT2D eigenvalue weighted by Gasteiger charge is -2.14. The molecule has 0 spiro atoms. The van der Waals surface area contributed by atoms with E-state index < -0.39 is 10.0 Å². The lowest BCUT2D eigenvalue weighted by atomic mass is 10.1. The summed E-state index contributed by atoms with van der Waals surface area (Å²) in [4.78, 5) is 0.161. The van der Waals surface area contributed by atoms with Gasteiger partial charge in [0.15, 0.2) is 0 Å². The fourth-order valence-corrected chi connectivity index (χ4v) is 2.90. The van der Waals surface area contributed by atoms with E-state index in [1.807, 2.05) is 6.07 Å². The van der Waals surface area contributed by atoms with Gasteiger partial charge in [-0.3, -0.25) is 0 Å². The van der Waals surface area contributed by atoms with Crippen molar-refractivity contribution in [2.24, 2.45) is 11.1 Å². The Labute approximate surface area is 102 Å². The molecule has 3 N–H and O–H groups in total. The Morgan fingerprint density at radius 3 is 2.71 bits per heavy atom. The standard InChI is InChI=1S/C12H18N2O2S/c1-9-5-6-11(7-9)14-10-3-2-4-12(8-10)17(13,15)16/h2-4,8-9,11,14H,5-7H2,1H3,(H2,13,15,16). The van der Waals surface area contributed by atoms with Gasteiger partial charge in [0.1, 0.15) is 0 Å². The lowest BCUT2D eigenvalue weighted by molar-refractivity contribution is 0.597. The van der Waals surface area contributed by atoms with Crippen molar-refractivity contribution in [2.75, 3.05) is 5.32 Å². The molecule has 1 aliphatic carbocycles. The quantitative estimate of drug-likeness (QED) is 0.865. The number of anilines is 1. The monoisotopic (exact) mass is 254 g/mol. The Morgan fingerprint density at radius 1 is 1.35 bits per heavy atom. The molecule has 1 fully saturated rings. The van der Waals surface area contributed by atoms with Crippen molar-refractivity contribution in [3.05, 3.63) is 24.3 Å². The molecule has 1 aromatic rings. The van der Waals surface area contributed by atoms with Crippen LogP contribution in [0.4, 0.5) is 5.69 Å². The van der Waals surface area contributed by atoms with Gasteiger partial charge >= 0.3 is 0 Å². The largest absolute Gasteiger partial charge is 0.382 e. The van der Waals surface area contributed by atoms with Gasteiger partial charge in [-0.25, -0.2) is 13.6 Å². The van der Waals surface area contributed by atoms with Crippen molar-refractivity contribution in [3.8, 4) is 0 Å². The number of primary sulfonamides is 1. The molecular formula is C12H18N2O2S. The molecule has 0 aromatic heterocycles. The van der Waals surface area contributed by atoms with E-state index in [9.17, 15) is 8.42 Å². The minimum absolute atomic E-state index is 0.161. The Morgan fingerprint density at radius 2 is 2.12 bits per heavy atom. The SMILES string of the molecule is CC1CCC(Nc2cccc(S(N)(=O)=O)c2)C1. The zero-order valence-electron chi connectivity index (χ0n) is 9.89. The second-order valence-electron chi connectivity index (χ2n) is 4.83. The third-order valence-corrected chi connectivity index (χ3v) is 4.14. The molecule has 2 rings (SSSR count). The number of nitrogens with one attached hydrogen (secondary N) is 1. The van der Waals surface area contributed by atoms with E-state index in [0.29, 0.717) is 6.04 Å². The third kappa shape index (κ3) is 3.20. The van der Waals surface area contributed by atoms with Crippen molar-refractivity contribution in [3.63, 3.8) is 0 Å². The highest BCUT2D eigenvalue weighted by Gasteiger charge is 2.21. The number of benzene rings is 1. The Hall–Kier alpha value is -1.07. The highest BCUT2D eigenvalue weighted by atomic mass is 32.2. The minimum atomic E-state index is -3.61. The lowest BCUT2D eigenvalue weighted by Crippen LogP contribution is -2.16. The third-order valence-electron chi connectivity index (χ3n) is 3.23. The molecule has 1 saturated carbocycles. The summed E-state index contributed by atoms with van der Waals surface area (Å²) in [6.45, 7) is 2.24. The second-order valence-corrected chi connectivity index (χ2v) is 6.39. The van der Waals surface area contributed by atoms with E-state index in [2.05, 4.69) is 12.2 Å². The summed E-state index contributed by atoms with van der Waals surface area (Å²) < 4.78 is 22.4. The molecule has 5 heteroatoms. The van der Waals surface area contributed by atoms with Gasteiger partial charge in [0.05, 0.1) is 4.90 Å². The first-order valence-corrected chi connectivity index (χ1v) is 7.39. The van der Waals surface area contributed by atoms with Crippen molar-refractivity contribution < 1.29 is 8.42 Å². The normalized spacial score (nSPS) is 24.8. The second kappa shape index (κ2) is 4.66. The fourth-order valence-electron chi connectivity index (χ4n) is 2.34. The van der Waals surface area contributed by atoms with Gasteiger partial charge < -0.3 is 5.32 Å². The van der Waals surface area contributed by atoms with Crippen molar-refractivity contribution in [2.45, 2.75) is 37.1 Å². The Bertz CT molecular complexity index is 499. The number of hydrogen-bond acceptors (Lipinski definition) is 3. The summed E-state index contributed by atoms with van der Waals surface area (Å²) in [6.07, 6.45) is 3.51. The summed E-state index contributed by atoms with van der Waals surface area (Å²) in [6, 6.07) is 7.13. The molecule has 0 heterocycles. The number of nitrogens with two attached hydrogens (primary N) is 1. The maximum atomic E-state index is 11.2. The highest BCUT2D eigenvalue weighted by Crippen LogP contribution is 2.27. The van der Waals surface area contributed by atoms with Crippen LogP contribution in [0.25, 0.3) is 0 Å². The summed E-state index contributed by atoms with van der Waals surface area (Å²) in [5.74, 6) is 0.744. The molecule has 0 aliphatic heterocycles. The van der Waals surface area contributed by atoms with Crippen molar-refractivity contribution in [1.82, 2.24) is 0 Å². The van der Waals surface area contributed by atoms with Crippen molar-refractivity contribution >= 4 is 15.7 Å². The van der Waals surface area contributed by atoms with E-state index in [-0.39, 0.29) is 4.90 Å². The van der Waals surface area contributed by atoms with Gasteiger partial charge in [-0.05, 0) is 43.4 Å². The molecule has 2 atom stereocenters. The van der Waals surface area contributed by atoms with Gasteiger partial charge in [-0.15, -0.1) is 0 Å². The summed E-state index contributed by atoms with van der Waals surface area (Å²) >= 11 is 0. The van der Waals surface area contributed by atoms with Crippen LogP contribution in [0.5, 0.6) is 0 Å². The highest BCUT2D eigenvalue weighted by molar-refractivity contribution is 7.89. The van der Waals surface area contributed by atoms with E-state index >= 15 is 0 Å². The smallest absolute Gasteiger partial charge is 0.238 e. The average Bonchev–Trinajstić information content (AvgIpc) is 2.63. The van der Waals surface area contributed by atoms with Crippen LogP contribution in [-0.2, 0) is 10.0 Å². The van der Waals surface area contributed by atoms with E-state index in [4.69, 9.17) is 5.14 Å². The summed E-state index contributed by atoms with van der Waals surface area (Å²) in [7, 11) is -3.61. The molecule has 2 unspecified atom stereocenters. The molecule has 1 aromatic carbocycles. The number of hydrogen-bond donors (Lipinski definition) is 2. The fraction of sp³-hybridized carbons (Fsp3) is 0.500. The molecule has 0 bridgehead atoms. The zero-order valence-corrected chi connectivity index (χ0v) is 10.7. The van der Waals surface area contributed by atoms with Crippen LogP contribution in [0, 0.1) is 5.92 Å². The van der Waals surface area contributed by atoms with Gasteiger partial charge in [0.2, 0.25) is 10.0 Å². The van der Waals surface area contributed by atoms with E-state index in [0.717, 1.165) is 24.4 Å².